The van der Waals surface area contributed by atoms with E-state index >= 15 is 0 Å². The molecule has 5 rings (SSSR count). The van der Waals surface area contributed by atoms with Crippen LogP contribution in [0.1, 0.15) is 5.56 Å². The molecule has 3 N–H and O–H groups in total. The number of rotatable bonds is 9. The van der Waals surface area contributed by atoms with Crippen LogP contribution in [0.2, 0.25) is 0 Å². The maximum atomic E-state index is 11.2. The van der Waals surface area contributed by atoms with Crippen LogP contribution in [-0.2, 0) is 4.74 Å². The molecular weight excluding hydrogens is 498 g/mol. The van der Waals surface area contributed by atoms with Gasteiger partial charge in [-0.15, -0.1) is 0 Å². The van der Waals surface area contributed by atoms with Gasteiger partial charge < -0.3 is 24.6 Å². The average molecular weight is 526 g/mol. The number of hydrogen-bond acceptors (Lipinski definition) is 8. The second kappa shape index (κ2) is 12.1. The summed E-state index contributed by atoms with van der Waals surface area (Å²) in [7, 11) is 0. The van der Waals surface area contributed by atoms with E-state index in [4.69, 9.17) is 19.3 Å². The molecule has 10 heteroatoms. The van der Waals surface area contributed by atoms with Crippen LogP contribution in [0.25, 0.3) is 10.8 Å². The van der Waals surface area contributed by atoms with Crippen LogP contribution in [0.4, 0.5) is 22.0 Å². The Morgan fingerprint density at radius 2 is 1.87 bits per heavy atom. The Morgan fingerprint density at radius 1 is 1.05 bits per heavy atom. The first-order valence-electron chi connectivity index (χ1n) is 12.5. The zero-order valence-electron chi connectivity index (χ0n) is 21.1. The third kappa shape index (κ3) is 6.73. The van der Waals surface area contributed by atoms with Crippen molar-refractivity contribution >= 4 is 34.1 Å². The zero-order valence-corrected chi connectivity index (χ0v) is 21.1. The maximum Gasteiger partial charge on any atom is 0.409 e. The van der Waals surface area contributed by atoms with Gasteiger partial charge >= 0.3 is 6.09 Å². The van der Waals surface area contributed by atoms with Gasteiger partial charge in [-0.1, -0.05) is 24.3 Å². The van der Waals surface area contributed by atoms with Crippen LogP contribution in [-0.4, -0.2) is 60.5 Å². The standard InChI is InChI=1S/C29H27N5O5/c30-19-20-15-21(17-23(16-20)38-14-11-34-9-12-37-13-10-34)32-28-18-22(7-8-31-28)39-27-6-5-26(33-29(35)36)24-3-1-2-4-25(24)27/h1-8,15-18,33H,9-14H2,(H,31,32)(H,35,36). The molecule has 39 heavy (non-hydrogen) atoms. The van der Waals surface area contributed by atoms with E-state index in [1.807, 2.05) is 30.3 Å². The molecule has 2 heterocycles. The molecule has 0 bridgehead atoms. The van der Waals surface area contributed by atoms with E-state index in [-0.39, 0.29) is 0 Å². The lowest BCUT2D eigenvalue weighted by Crippen LogP contribution is -2.38. The van der Waals surface area contributed by atoms with Gasteiger partial charge in [-0.2, -0.15) is 5.26 Å². The number of benzene rings is 3. The molecule has 1 saturated heterocycles. The molecule has 0 spiro atoms. The molecule has 1 aliphatic rings. The molecule has 10 nitrogen and oxygen atoms in total. The Labute approximate surface area is 225 Å². The van der Waals surface area contributed by atoms with Crippen LogP contribution >= 0.6 is 0 Å². The molecule has 1 amide bonds. The minimum Gasteiger partial charge on any atom is -0.492 e. The highest BCUT2D eigenvalue weighted by Crippen LogP contribution is 2.35. The molecule has 1 fully saturated rings. The number of morpholine rings is 1. The lowest BCUT2D eigenvalue weighted by Gasteiger charge is -2.26. The Kier molecular flexibility index (Phi) is 8.02. The van der Waals surface area contributed by atoms with Gasteiger partial charge in [-0.3, -0.25) is 10.2 Å². The van der Waals surface area contributed by atoms with Crippen molar-refractivity contribution in [2.45, 2.75) is 0 Å². The van der Waals surface area contributed by atoms with Crippen LogP contribution in [0.3, 0.4) is 0 Å². The van der Waals surface area contributed by atoms with Crippen LogP contribution < -0.4 is 20.1 Å². The number of anilines is 3. The second-order valence-corrected chi connectivity index (χ2v) is 8.85. The summed E-state index contributed by atoms with van der Waals surface area (Å²) in [4.78, 5) is 17.8. The Hall–Kier alpha value is -4.85. The summed E-state index contributed by atoms with van der Waals surface area (Å²) in [6, 6.07) is 21.7. The van der Waals surface area contributed by atoms with Crippen LogP contribution in [0.15, 0.2) is 72.9 Å². The fourth-order valence-corrected chi connectivity index (χ4v) is 4.34. The first kappa shape index (κ1) is 25.8. The van der Waals surface area contributed by atoms with E-state index in [9.17, 15) is 10.1 Å². The molecule has 3 aromatic carbocycles. The predicted molar refractivity (Wildman–Crippen MR) is 147 cm³/mol. The van der Waals surface area contributed by atoms with Crippen molar-refractivity contribution in [1.29, 1.82) is 5.26 Å². The van der Waals surface area contributed by atoms with E-state index in [1.165, 1.54) is 0 Å². The molecule has 198 valence electrons. The lowest BCUT2D eigenvalue weighted by molar-refractivity contribution is 0.0322. The molecule has 0 atom stereocenters. The number of nitrogens with one attached hydrogen (secondary N) is 2. The highest BCUT2D eigenvalue weighted by Gasteiger charge is 2.12. The SMILES string of the molecule is N#Cc1cc(Nc2cc(Oc3ccc(NC(=O)O)c4ccccc34)ccn2)cc(OCCN2CCOCC2)c1. The van der Waals surface area contributed by atoms with Crippen molar-refractivity contribution in [3.05, 3.63) is 78.5 Å². The van der Waals surface area contributed by atoms with E-state index in [0.29, 0.717) is 46.6 Å². The number of carboxylic acid groups (broad SMARTS) is 1. The molecule has 0 aliphatic carbocycles. The first-order chi connectivity index (χ1) is 19.1. The summed E-state index contributed by atoms with van der Waals surface area (Å²) < 4.78 is 17.5. The maximum absolute atomic E-state index is 11.2. The van der Waals surface area contributed by atoms with Crippen molar-refractivity contribution in [3.8, 4) is 23.3 Å². The minimum atomic E-state index is -1.13. The number of ether oxygens (including phenoxy) is 3. The number of nitrogens with zero attached hydrogens (tertiary/aromatic N) is 3. The quantitative estimate of drug-likeness (QED) is 0.261. The summed E-state index contributed by atoms with van der Waals surface area (Å²) in [5, 5.41) is 25.8. The van der Waals surface area contributed by atoms with Gasteiger partial charge in [0, 0.05) is 54.4 Å². The van der Waals surface area contributed by atoms with Crippen LogP contribution in [0.5, 0.6) is 17.2 Å². The fourth-order valence-electron chi connectivity index (χ4n) is 4.34. The van der Waals surface area contributed by atoms with Crippen molar-refractivity contribution in [2.24, 2.45) is 0 Å². The van der Waals surface area contributed by atoms with Crippen molar-refractivity contribution < 1.29 is 24.1 Å². The second-order valence-electron chi connectivity index (χ2n) is 8.85. The minimum absolute atomic E-state index is 0.468. The van der Waals surface area contributed by atoms with Gasteiger partial charge in [0.1, 0.15) is 29.7 Å². The van der Waals surface area contributed by atoms with Gasteiger partial charge in [0.2, 0.25) is 0 Å². The summed E-state index contributed by atoms with van der Waals surface area (Å²) in [6.07, 6.45) is 0.485. The molecule has 1 aliphatic heterocycles. The average Bonchev–Trinajstić information content (AvgIpc) is 2.95. The highest BCUT2D eigenvalue weighted by molar-refractivity contribution is 6.02. The largest absolute Gasteiger partial charge is 0.492 e. The van der Waals surface area contributed by atoms with Crippen molar-refractivity contribution in [1.82, 2.24) is 9.88 Å². The topological polar surface area (TPSA) is 129 Å². The number of aromatic nitrogens is 1. The molecule has 0 saturated carbocycles. The van der Waals surface area contributed by atoms with E-state index in [2.05, 4.69) is 26.6 Å². The van der Waals surface area contributed by atoms with E-state index < -0.39 is 6.09 Å². The van der Waals surface area contributed by atoms with Gasteiger partial charge in [0.05, 0.1) is 30.5 Å². The number of fused-ring (bicyclic) bond motifs is 1. The fraction of sp³-hybridized carbons (Fsp3) is 0.207. The van der Waals surface area contributed by atoms with Gasteiger partial charge in [0.15, 0.2) is 0 Å². The lowest BCUT2D eigenvalue weighted by atomic mass is 10.1. The Morgan fingerprint density at radius 3 is 2.67 bits per heavy atom. The van der Waals surface area contributed by atoms with Gasteiger partial charge in [-0.05, 0) is 30.3 Å². The summed E-state index contributed by atoms with van der Waals surface area (Å²) in [5.74, 6) is 2.23. The molecule has 1 aromatic heterocycles. The monoisotopic (exact) mass is 525 g/mol. The Bertz CT molecular complexity index is 1510. The Balaban J connectivity index is 1.30. The third-order valence-corrected chi connectivity index (χ3v) is 6.17. The summed E-state index contributed by atoms with van der Waals surface area (Å²) >= 11 is 0. The van der Waals surface area contributed by atoms with Crippen LogP contribution in [0, 0.1) is 11.3 Å². The smallest absolute Gasteiger partial charge is 0.409 e. The number of amides is 1. The number of carbonyl (C=O) groups is 1. The van der Waals surface area contributed by atoms with E-state index in [1.54, 1.807) is 42.6 Å². The molecular formula is C29H27N5O5. The summed E-state index contributed by atoms with van der Waals surface area (Å²) in [5.41, 5.74) is 1.60. The summed E-state index contributed by atoms with van der Waals surface area (Å²) in [6.45, 7) is 4.53. The van der Waals surface area contributed by atoms with Gasteiger partial charge in [-0.25, -0.2) is 9.78 Å². The van der Waals surface area contributed by atoms with Crippen molar-refractivity contribution in [2.75, 3.05) is 50.1 Å². The molecule has 0 radical (unpaired) electrons. The molecule has 0 unspecified atom stereocenters. The zero-order chi connectivity index (χ0) is 27.0. The third-order valence-electron chi connectivity index (χ3n) is 6.17. The first-order valence-corrected chi connectivity index (χ1v) is 12.5. The van der Waals surface area contributed by atoms with Crippen molar-refractivity contribution in [3.63, 3.8) is 0 Å². The van der Waals surface area contributed by atoms with E-state index in [0.717, 1.165) is 43.6 Å². The normalized spacial score (nSPS) is 13.4. The van der Waals surface area contributed by atoms with Gasteiger partial charge in [0.25, 0.3) is 0 Å². The highest BCUT2D eigenvalue weighted by atomic mass is 16.5. The number of pyridine rings is 1. The molecule has 4 aromatic rings. The number of hydrogen-bond donors (Lipinski definition) is 3. The number of nitriles is 1. The predicted octanol–water partition coefficient (Wildman–Crippen LogP) is 5.44.